The number of hydrogen-bond donors (Lipinski definition) is 0. The number of pyridine rings is 1. The Morgan fingerprint density at radius 3 is 2.71 bits per heavy atom. The van der Waals surface area contributed by atoms with Crippen molar-refractivity contribution in [1.82, 2.24) is 29.5 Å². The van der Waals surface area contributed by atoms with Gasteiger partial charge in [-0.15, -0.1) is 11.3 Å². The van der Waals surface area contributed by atoms with Crippen LogP contribution in [0.4, 0.5) is 0 Å². The third-order valence-electron chi connectivity index (χ3n) is 4.93. The third kappa shape index (κ3) is 3.29. The molecule has 2 amide bonds. The van der Waals surface area contributed by atoms with Crippen molar-refractivity contribution in [2.75, 3.05) is 19.6 Å². The second kappa shape index (κ2) is 7.51. The van der Waals surface area contributed by atoms with Crippen LogP contribution in [0, 0.1) is 6.92 Å². The van der Waals surface area contributed by atoms with Gasteiger partial charge in [-0.2, -0.15) is 5.10 Å². The molecule has 1 aliphatic rings. The van der Waals surface area contributed by atoms with Gasteiger partial charge in [0.2, 0.25) is 0 Å². The molecule has 0 saturated carbocycles. The van der Waals surface area contributed by atoms with Gasteiger partial charge in [0, 0.05) is 37.3 Å². The van der Waals surface area contributed by atoms with Gasteiger partial charge in [0.15, 0.2) is 5.82 Å². The van der Waals surface area contributed by atoms with Gasteiger partial charge in [-0.25, -0.2) is 14.6 Å². The fourth-order valence-corrected chi connectivity index (χ4v) is 3.93. The standard InChI is InChI=1S/C19H20N6O2S/c1-13-10-23(7-8-24(13)19(27)16-11-28-12-21-16)18(26)15-9-22-25(14(15)2)17-5-3-4-6-20-17/h3-6,9,11-13H,7-8,10H2,1-2H3/t13-/m0/s1. The zero-order valence-corrected chi connectivity index (χ0v) is 16.5. The van der Waals surface area contributed by atoms with Crippen LogP contribution in [-0.2, 0) is 0 Å². The topological polar surface area (TPSA) is 84.2 Å². The molecule has 1 aliphatic heterocycles. The Hall–Kier alpha value is -3.07. The van der Waals surface area contributed by atoms with E-state index in [4.69, 9.17) is 0 Å². The predicted molar refractivity (Wildman–Crippen MR) is 105 cm³/mol. The molecule has 0 spiro atoms. The van der Waals surface area contributed by atoms with E-state index in [1.54, 1.807) is 37.8 Å². The average molecular weight is 396 g/mol. The van der Waals surface area contributed by atoms with Crippen molar-refractivity contribution >= 4 is 23.2 Å². The number of hydrogen-bond acceptors (Lipinski definition) is 6. The molecule has 0 N–H and O–H groups in total. The highest BCUT2D eigenvalue weighted by Crippen LogP contribution is 2.19. The molecular formula is C19H20N6O2S. The van der Waals surface area contributed by atoms with Crippen molar-refractivity contribution in [3.8, 4) is 5.82 Å². The van der Waals surface area contributed by atoms with Gasteiger partial charge in [-0.3, -0.25) is 9.59 Å². The summed E-state index contributed by atoms with van der Waals surface area (Å²) in [4.78, 5) is 37.6. The van der Waals surface area contributed by atoms with Crippen LogP contribution in [0.3, 0.4) is 0 Å². The SMILES string of the molecule is Cc1c(C(=O)N2CCN(C(=O)c3cscn3)[C@@H](C)C2)cnn1-c1ccccn1. The van der Waals surface area contributed by atoms with E-state index in [0.717, 1.165) is 5.69 Å². The number of amides is 2. The van der Waals surface area contributed by atoms with E-state index in [2.05, 4.69) is 15.1 Å². The first-order valence-corrected chi connectivity index (χ1v) is 9.95. The Bertz CT molecular complexity index is 985. The molecular weight excluding hydrogens is 376 g/mol. The fourth-order valence-electron chi connectivity index (χ4n) is 3.41. The van der Waals surface area contributed by atoms with Gasteiger partial charge in [-0.05, 0) is 26.0 Å². The summed E-state index contributed by atoms with van der Waals surface area (Å²) in [7, 11) is 0. The van der Waals surface area contributed by atoms with Crippen LogP contribution < -0.4 is 0 Å². The van der Waals surface area contributed by atoms with Gasteiger partial charge >= 0.3 is 0 Å². The predicted octanol–water partition coefficient (Wildman–Crippen LogP) is 2.02. The monoisotopic (exact) mass is 396 g/mol. The van der Waals surface area contributed by atoms with Crippen molar-refractivity contribution in [3.05, 3.63) is 58.4 Å². The third-order valence-corrected chi connectivity index (χ3v) is 5.52. The number of thiazole rings is 1. The van der Waals surface area contributed by atoms with Crippen LogP contribution in [0.25, 0.3) is 5.82 Å². The van der Waals surface area contributed by atoms with Gasteiger partial charge in [0.05, 0.1) is 23.0 Å². The summed E-state index contributed by atoms with van der Waals surface area (Å²) in [5.74, 6) is 0.512. The average Bonchev–Trinajstić information content (AvgIpc) is 3.37. The molecule has 1 atom stereocenters. The molecule has 144 valence electrons. The molecule has 0 radical (unpaired) electrons. The van der Waals surface area contributed by atoms with Crippen molar-refractivity contribution in [3.63, 3.8) is 0 Å². The van der Waals surface area contributed by atoms with Crippen LogP contribution in [0.2, 0.25) is 0 Å². The lowest BCUT2D eigenvalue weighted by atomic mass is 10.1. The van der Waals surface area contributed by atoms with E-state index in [-0.39, 0.29) is 17.9 Å². The van der Waals surface area contributed by atoms with E-state index >= 15 is 0 Å². The lowest BCUT2D eigenvalue weighted by Crippen LogP contribution is -2.55. The van der Waals surface area contributed by atoms with Crippen LogP contribution in [0.1, 0.15) is 33.5 Å². The van der Waals surface area contributed by atoms with E-state index in [0.29, 0.717) is 36.7 Å². The molecule has 28 heavy (non-hydrogen) atoms. The van der Waals surface area contributed by atoms with Gasteiger partial charge < -0.3 is 9.80 Å². The Morgan fingerprint density at radius 2 is 2.04 bits per heavy atom. The van der Waals surface area contributed by atoms with E-state index in [9.17, 15) is 9.59 Å². The minimum absolute atomic E-state index is 0.0766. The first-order valence-electron chi connectivity index (χ1n) is 9.00. The first kappa shape index (κ1) is 18.3. The number of nitrogens with zero attached hydrogens (tertiary/aromatic N) is 6. The maximum atomic E-state index is 13.1. The highest BCUT2D eigenvalue weighted by atomic mass is 32.1. The molecule has 9 heteroatoms. The maximum absolute atomic E-state index is 13.1. The number of piperazine rings is 1. The molecule has 4 heterocycles. The second-order valence-electron chi connectivity index (χ2n) is 6.72. The van der Waals surface area contributed by atoms with Gasteiger partial charge in [-0.1, -0.05) is 6.07 Å². The van der Waals surface area contributed by atoms with Crippen molar-refractivity contribution in [1.29, 1.82) is 0 Å². The molecule has 0 unspecified atom stereocenters. The van der Waals surface area contributed by atoms with E-state index < -0.39 is 0 Å². The number of carbonyl (C=O) groups excluding carboxylic acids is 2. The smallest absolute Gasteiger partial charge is 0.273 e. The van der Waals surface area contributed by atoms with Gasteiger partial charge in [0.25, 0.3) is 11.8 Å². The largest absolute Gasteiger partial charge is 0.335 e. The minimum atomic E-state index is -0.0851. The lowest BCUT2D eigenvalue weighted by Gasteiger charge is -2.39. The molecule has 0 aliphatic carbocycles. The van der Waals surface area contributed by atoms with Crippen LogP contribution in [0.5, 0.6) is 0 Å². The Morgan fingerprint density at radius 1 is 1.18 bits per heavy atom. The summed E-state index contributed by atoms with van der Waals surface area (Å²) >= 11 is 1.40. The van der Waals surface area contributed by atoms with Gasteiger partial charge in [0.1, 0.15) is 5.69 Å². The summed E-state index contributed by atoms with van der Waals surface area (Å²) in [5, 5.41) is 6.08. The summed E-state index contributed by atoms with van der Waals surface area (Å²) in [5.41, 5.74) is 3.42. The van der Waals surface area contributed by atoms with Crippen molar-refractivity contribution < 1.29 is 9.59 Å². The summed E-state index contributed by atoms with van der Waals surface area (Å²) < 4.78 is 1.67. The number of carbonyl (C=O) groups is 2. The molecule has 4 rings (SSSR count). The van der Waals surface area contributed by atoms with E-state index in [1.807, 2.05) is 32.0 Å². The van der Waals surface area contributed by atoms with E-state index in [1.165, 1.54) is 11.3 Å². The number of aromatic nitrogens is 4. The molecule has 3 aromatic rings. The summed E-state index contributed by atoms with van der Waals surface area (Å²) in [6.45, 7) is 5.25. The zero-order chi connectivity index (χ0) is 19.7. The highest BCUT2D eigenvalue weighted by Gasteiger charge is 2.32. The normalized spacial score (nSPS) is 17.0. The molecule has 1 saturated heterocycles. The maximum Gasteiger partial charge on any atom is 0.273 e. The molecule has 0 bridgehead atoms. The lowest BCUT2D eigenvalue weighted by molar-refractivity contribution is 0.0411. The Labute approximate surface area is 166 Å². The summed E-state index contributed by atoms with van der Waals surface area (Å²) in [6.07, 6.45) is 3.28. The summed E-state index contributed by atoms with van der Waals surface area (Å²) in [6, 6.07) is 5.48. The molecule has 3 aromatic heterocycles. The Kier molecular flexibility index (Phi) is 4.91. The van der Waals surface area contributed by atoms with Crippen LogP contribution in [0.15, 0.2) is 41.5 Å². The van der Waals surface area contributed by atoms with Crippen molar-refractivity contribution in [2.24, 2.45) is 0 Å². The zero-order valence-electron chi connectivity index (χ0n) is 15.6. The fraction of sp³-hybridized carbons (Fsp3) is 0.316. The highest BCUT2D eigenvalue weighted by molar-refractivity contribution is 7.07. The molecule has 0 aromatic carbocycles. The Balaban J connectivity index is 1.48. The van der Waals surface area contributed by atoms with Crippen LogP contribution >= 0.6 is 11.3 Å². The first-order chi connectivity index (χ1) is 13.6. The number of rotatable bonds is 3. The van der Waals surface area contributed by atoms with Crippen LogP contribution in [-0.4, -0.2) is 67.0 Å². The molecule has 1 fully saturated rings. The quantitative estimate of drug-likeness (QED) is 0.676. The second-order valence-corrected chi connectivity index (χ2v) is 7.43. The van der Waals surface area contributed by atoms with Crippen molar-refractivity contribution in [2.45, 2.75) is 19.9 Å². The minimum Gasteiger partial charge on any atom is -0.335 e. The molecule has 8 nitrogen and oxygen atoms in total.